The van der Waals surface area contributed by atoms with Crippen molar-refractivity contribution in [2.24, 2.45) is 0 Å². The van der Waals surface area contributed by atoms with Crippen LogP contribution in [0.1, 0.15) is 40.5 Å². The second-order valence-corrected chi connectivity index (χ2v) is 6.48. The summed E-state index contributed by atoms with van der Waals surface area (Å²) in [5.74, 6) is -1.84. The number of cyclic esters (lactones) is 1. The molecule has 2 fully saturated rings. The van der Waals surface area contributed by atoms with Gasteiger partial charge in [0.1, 0.15) is 24.4 Å². The average molecular weight is 384 g/mol. The molecular formula is C18H24O9. The smallest absolute Gasteiger partial charge is 0.306 e. The number of epoxide rings is 1. The molecule has 0 spiro atoms. The molecule has 2 aliphatic heterocycles. The van der Waals surface area contributed by atoms with Gasteiger partial charge in [0.05, 0.1) is 0 Å². The van der Waals surface area contributed by atoms with Crippen molar-refractivity contribution >= 4 is 23.9 Å². The van der Waals surface area contributed by atoms with E-state index in [1.54, 1.807) is 19.1 Å². The number of ether oxygens (including phenoxy) is 5. The SMILES string of the molecule is CC(=O)O[C@@H](C)[C@@H](C=C[C@@H]1O[C@@H]1[C@@H]1OC(=O)CC[C@@H]1OC(C)=O)OC(C)=O. The standard InChI is InChI=1S/C18H24O9/c1-9(23-10(2)19)13(24-11(3)20)5-6-15-17(26-15)18-14(25-12(4)21)7-8-16(22)27-18/h5-6,9,13-15,17-18H,7-8H2,1-4H3/t9-,13+,14-,15-,17-,18+/m0/s1. The molecule has 0 aliphatic carbocycles. The Bertz CT molecular complexity index is 626. The maximum absolute atomic E-state index is 11.6. The molecule has 0 saturated carbocycles. The van der Waals surface area contributed by atoms with E-state index in [-0.39, 0.29) is 12.4 Å². The number of hydrogen-bond donors (Lipinski definition) is 0. The highest BCUT2D eigenvalue weighted by atomic mass is 16.6. The van der Waals surface area contributed by atoms with Crippen molar-refractivity contribution in [2.75, 3.05) is 0 Å². The molecule has 0 bridgehead atoms. The Labute approximate surface area is 156 Å². The third-order valence-electron chi connectivity index (χ3n) is 4.08. The van der Waals surface area contributed by atoms with Crippen LogP contribution >= 0.6 is 0 Å². The lowest BCUT2D eigenvalue weighted by Gasteiger charge is -2.29. The van der Waals surface area contributed by atoms with Gasteiger partial charge >= 0.3 is 23.9 Å². The van der Waals surface area contributed by atoms with Crippen molar-refractivity contribution in [1.82, 2.24) is 0 Å². The van der Waals surface area contributed by atoms with E-state index in [1.165, 1.54) is 20.8 Å². The first-order chi connectivity index (χ1) is 12.7. The fourth-order valence-corrected chi connectivity index (χ4v) is 2.92. The molecule has 0 aromatic heterocycles. The second-order valence-electron chi connectivity index (χ2n) is 6.48. The van der Waals surface area contributed by atoms with Crippen LogP contribution in [0.25, 0.3) is 0 Å². The van der Waals surface area contributed by atoms with Gasteiger partial charge in [0.25, 0.3) is 0 Å². The topological polar surface area (TPSA) is 118 Å². The summed E-state index contributed by atoms with van der Waals surface area (Å²) in [5.41, 5.74) is 0. The van der Waals surface area contributed by atoms with Gasteiger partial charge in [-0.3, -0.25) is 19.2 Å². The van der Waals surface area contributed by atoms with Crippen LogP contribution in [0.3, 0.4) is 0 Å². The molecule has 27 heavy (non-hydrogen) atoms. The lowest BCUT2D eigenvalue weighted by Crippen LogP contribution is -2.43. The summed E-state index contributed by atoms with van der Waals surface area (Å²) >= 11 is 0. The van der Waals surface area contributed by atoms with Crippen LogP contribution in [-0.4, -0.2) is 60.5 Å². The Hall–Kier alpha value is -2.42. The minimum absolute atomic E-state index is 0.177. The number of hydrogen-bond acceptors (Lipinski definition) is 9. The van der Waals surface area contributed by atoms with Crippen molar-refractivity contribution in [3.8, 4) is 0 Å². The molecule has 0 amide bonds. The molecule has 0 unspecified atom stereocenters. The first-order valence-electron chi connectivity index (χ1n) is 8.72. The van der Waals surface area contributed by atoms with Crippen LogP contribution in [0.4, 0.5) is 0 Å². The highest BCUT2D eigenvalue weighted by Gasteiger charge is 2.51. The van der Waals surface area contributed by atoms with Crippen LogP contribution in [0.15, 0.2) is 12.2 Å². The third kappa shape index (κ3) is 6.35. The van der Waals surface area contributed by atoms with Crippen LogP contribution in [-0.2, 0) is 42.9 Å². The molecule has 9 nitrogen and oxygen atoms in total. The highest BCUT2D eigenvalue weighted by Crippen LogP contribution is 2.35. The first kappa shape index (κ1) is 20.9. The Balaban J connectivity index is 1.99. The molecule has 0 aromatic carbocycles. The molecule has 2 saturated heterocycles. The second kappa shape index (κ2) is 8.98. The van der Waals surface area contributed by atoms with Crippen molar-refractivity contribution in [1.29, 1.82) is 0 Å². The normalized spacial score (nSPS) is 29.4. The average Bonchev–Trinajstić information content (AvgIpc) is 3.31. The molecule has 0 radical (unpaired) electrons. The summed E-state index contributed by atoms with van der Waals surface area (Å²) in [6, 6.07) is 0. The van der Waals surface area contributed by atoms with E-state index in [4.69, 9.17) is 23.7 Å². The van der Waals surface area contributed by atoms with E-state index in [9.17, 15) is 19.2 Å². The molecule has 9 heteroatoms. The van der Waals surface area contributed by atoms with Gasteiger partial charge in [-0.25, -0.2) is 0 Å². The minimum Gasteiger partial charge on any atom is -0.459 e. The summed E-state index contributed by atoms with van der Waals surface area (Å²) in [4.78, 5) is 45.2. The summed E-state index contributed by atoms with van der Waals surface area (Å²) in [5, 5.41) is 0. The Kier molecular flexibility index (Phi) is 6.95. The van der Waals surface area contributed by atoms with Gasteiger partial charge in [-0.2, -0.15) is 0 Å². The Morgan fingerprint density at radius 2 is 1.74 bits per heavy atom. The lowest BCUT2D eigenvalue weighted by atomic mass is 10.00. The van der Waals surface area contributed by atoms with Crippen LogP contribution in [0, 0.1) is 0 Å². The predicted molar refractivity (Wildman–Crippen MR) is 89.3 cm³/mol. The summed E-state index contributed by atoms with van der Waals surface area (Å²) < 4.78 is 26.2. The molecule has 150 valence electrons. The minimum atomic E-state index is -0.783. The first-order valence-corrected chi connectivity index (χ1v) is 8.72. The Morgan fingerprint density at radius 3 is 2.33 bits per heavy atom. The fourth-order valence-electron chi connectivity index (χ4n) is 2.92. The maximum atomic E-state index is 11.6. The molecule has 0 N–H and O–H groups in total. The van der Waals surface area contributed by atoms with Gasteiger partial charge in [-0.1, -0.05) is 6.08 Å². The molecule has 2 heterocycles. The molecular weight excluding hydrogens is 360 g/mol. The monoisotopic (exact) mass is 384 g/mol. The van der Waals surface area contributed by atoms with Crippen LogP contribution in [0.5, 0.6) is 0 Å². The van der Waals surface area contributed by atoms with E-state index >= 15 is 0 Å². The zero-order valence-corrected chi connectivity index (χ0v) is 15.7. The number of carbonyl (C=O) groups is 4. The van der Waals surface area contributed by atoms with Gasteiger partial charge < -0.3 is 23.7 Å². The third-order valence-corrected chi connectivity index (χ3v) is 4.08. The van der Waals surface area contributed by atoms with Crippen LogP contribution in [0.2, 0.25) is 0 Å². The largest absolute Gasteiger partial charge is 0.459 e. The molecule has 2 aliphatic rings. The Morgan fingerprint density at radius 1 is 1.07 bits per heavy atom. The zero-order chi connectivity index (χ0) is 20.1. The van der Waals surface area contributed by atoms with E-state index < -0.39 is 54.5 Å². The summed E-state index contributed by atoms with van der Waals surface area (Å²) in [6.07, 6.45) is 0.177. The van der Waals surface area contributed by atoms with Gasteiger partial charge in [0, 0.05) is 27.2 Å². The van der Waals surface area contributed by atoms with Gasteiger partial charge in [0.15, 0.2) is 12.2 Å². The number of carbonyl (C=O) groups excluding carboxylic acids is 4. The molecule has 0 aromatic rings. The van der Waals surface area contributed by atoms with E-state index in [0.717, 1.165) is 0 Å². The van der Waals surface area contributed by atoms with Gasteiger partial charge in [0.2, 0.25) is 0 Å². The summed E-state index contributed by atoms with van der Waals surface area (Å²) in [6.45, 7) is 5.41. The predicted octanol–water partition coefficient (Wildman–Crippen LogP) is 0.831. The van der Waals surface area contributed by atoms with E-state index in [1.807, 2.05) is 0 Å². The maximum Gasteiger partial charge on any atom is 0.306 e. The molecule has 6 atom stereocenters. The van der Waals surface area contributed by atoms with Gasteiger partial charge in [-0.15, -0.1) is 0 Å². The van der Waals surface area contributed by atoms with Crippen molar-refractivity contribution in [3.05, 3.63) is 12.2 Å². The highest BCUT2D eigenvalue weighted by molar-refractivity contribution is 5.71. The number of rotatable bonds is 7. The molecule has 2 rings (SSSR count). The van der Waals surface area contributed by atoms with Crippen molar-refractivity contribution < 1.29 is 42.9 Å². The van der Waals surface area contributed by atoms with E-state index in [2.05, 4.69) is 0 Å². The fraction of sp³-hybridized carbons (Fsp3) is 0.667. The quantitative estimate of drug-likeness (QED) is 0.272. The summed E-state index contributed by atoms with van der Waals surface area (Å²) in [7, 11) is 0. The van der Waals surface area contributed by atoms with E-state index in [0.29, 0.717) is 6.42 Å². The lowest BCUT2D eigenvalue weighted by molar-refractivity contribution is -0.177. The zero-order valence-electron chi connectivity index (χ0n) is 15.7. The number of esters is 4. The van der Waals surface area contributed by atoms with Gasteiger partial charge in [-0.05, 0) is 19.4 Å². The van der Waals surface area contributed by atoms with Crippen molar-refractivity contribution in [2.45, 2.75) is 77.2 Å². The van der Waals surface area contributed by atoms with Crippen LogP contribution < -0.4 is 0 Å². The van der Waals surface area contributed by atoms with Crippen molar-refractivity contribution in [3.63, 3.8) is 0 Å².